The molecule has 2 aromatic carbocycles. The highest BCUT2D eigenvalue weighted by Crippen LogP contribution is 2.26. The van der Waals surface area contributed by atoms with Crippen LogP contribution in [0.15, 0.2) is 60.0 Å². The Morgan fingerprint density at radius 1 is 1.13 bits per heavy atom. The molecule has 114 valence electrons. The molecule has 0 unspecified atom stereocenters. The summed E-state index contributed by atoms with van der Waals surface area (Å²) in [5, 5.41) is 18.2. The highest BCUT2D eigenvalue weighted by molar-refractivity contribution is 7.98. The number of hydrogen-bond donors (Lipinski definition) is 0. The number of nitriles is 1. The molecular formula is C18H16N4S. The van der Waals surface area contributed by atoms with Crippen molar-refractivity contribution in [2.24, 2.45) is 0 Å². The molecule has 0 amide bonds. The minimum atomic E-state index is 0.700. The summed E-state index contributed by atoms with van der Waals surface area (Å²) >= 11 is 1.68. The Morgan fingerprint density at radius 2 is 1.91 bits per heavy atom. The quantitative estimate of drug-likeness (QED) is 0.663. The third-order valence-corrected chi connectivity index (χ3v) is 4.65. The topological polar surface area (TPSA) is 54.5 Å². The fourth-order valence-electron chi connectivity index (χ4n) is 2.33. The summed E-state index contributed by atoms with van der Waals surface area (Å²) in [4.78, 5) is 0. The summed E-state index contributed by atoms with van der Waals surface area (Å²) in [7, 11) is 0. The van der Waals surface area contributed by atoms with E-state index in [4.69, 9.17) is 0 Å². The van der Waals surface area contributed by atoms with Crippen molar-refractivity contribution >= 4 is 11.8 Å². The first-order valence-corrected chi connectivity index (χ1v) is 8.39. The molecule has 3 aromatic rings. The maximum absolute atomic E-state index is 9.21. The van der Waals surface area contributed by atoms with Crippen LogP contribution in [0.5, 0.6) is 0 Å². The lowest BCUT2D eigenvalue weighted by Crippen LogP contribution is -1.94. The van der Waals surface area contributed by atoms with E-state index in [0.29, 0.717) is 5.56 Å². The second-order valence-electron chi connectivity index (χ2n) is 5.04. The molecule has 1 aromatic heterocycles. The molecule has 0 saturated carbocycles. The molecule has 0 bridgehead atoms. The molecule has 0 saturated heterocycles. The first-order valence-electron chi connectivity index (χ1n) is 7.41. The molecule has 23 heavy (non-hydrogen) atoms. The summed E-state index contributed by atoms with van der Waals surface area (Å²) in [6.45, 7) is 2.95. The van der Waals surface area contributed by atoms with Crippen LogP contribution in [0.2, 0.25) is 0 Å². The van der Waals surface area contributed by atoms with Gasteiger partial charge in [-0.3, -0.25) is 0 Å². The monoisotopic (exact) mass is 320 g/mol. The van der Waals surface area contributed by atoms with Crippen molar-refractivity contribution in [2.75, 3.05) is 0 Å². The van der Waals surface area contributed by atoms with Crippen LogP contribution in [0.1, 0.15) is 18.1 Å². The summed E-state index contributed by atoms with van der Waals surface area (Å²) in [6, 6.07) is 18.2. The van der Waals surface area contributed by atoms with Crippen molar-refractivity contribution < 1.29 is 0 Å². The van der Waals surface area contributed by atoms with Gasteiger partial charge in [0.1, 0.15) is 6.33 Å². The molecular weight excluding hydrogens is 304 g/mol. The van der Waals surface area contributed by atoms with E-state index in [2.05, 4.69) is 47.5 Å². The molecule has 0 aliphatic heterocycles. The largest absolute Gasteiger partial charge is 0.309 e. The summed E-state index contributed by atoms with van der Waals surface area (Å²) < 4.78 is 2.03. The predicted octanol–water partition coefficient (Wildman–Crippen LogP) is 4.13. The Kier molecular flexibility index (Phi) is 4.74. The van der Waals surface area contributed by atoms with Crippen LogP contribution < -0.4 is 0 Å². The number of rotatable bonds is 5. The van der Waals surface area contributed by atoms with Crippen LogP contribution in [0.4, 0.5) is 0 Å². The van der Waals surface area contributed by atoms with E-state index in [1.54, 1.807) is 18.1 Å². The van der Waals surface area contributed by atoms with Crippen molar-refractivity contribution in [3.05, 3.63) is 66.0 Å². The van der Waals surface area contributed by atoms with Crippen molar-refractivity contribution in [3.63, 3.8) is 0 Å². The van der Waals surface area contributed by atoms with Gasteiger partial charge in [-0.2, -0.15) is 5.26 Å². The minimum Gasteiger partial charge on any atom is -0.309 e. The van der Waals surface area contributed by atoms with Crippen molar-refractivity contribution in [2.45, 2.75) is 24.4 Å². The van der Waals surface area contributed by atoms with Gasteiger partial charge in [0.05, 0.1) is 11.6 Å². The second kappa shape index (κ2) is 7.12. The molecule has 0 N–H and O–H groups in total. The number of aryl methyl sites for hydroxylation is 1. The first-order chi connectivity index (χ1) is 11.3. The molecule has 4 nitrogen and oxygen atoms in total. The number of thioether (sulfide) groups is 1. The van der Waals surface area contributed by atoms with Gasteiger partial charge in [-0.25, -0.2) is 0 Å². The first kappa shape index (κ1) is 15.3. The van der Waals surface area contributed by atoms with Crippen molar-refractivity contribution in [3.8, 4) is 17.2 Å². The Bertz CT molecular complexity index is 831. The Labute approximate surface area is 139 Å². The van der Waals surface area contributed by atoms with Gasteiger partial charge in [0, 0.05) is 12.3 Å². The normalized spacial score (nSPS) is 10.4. The van der Waals surface area contributed by atoms with Gasteiger partial charge in [0.2, 0.25) is 0 Å². The molecule has 0 atom stereocenters. The third-order valence-electron chi connectivity index (χ3n) is 3.60. The van der Waals surface area contributed by atoms with E-state index in [-0.39, 0.29) is 0 Å². The van der Waals surface area contributed by atoms with Gasteiger partial charge >= 0.3 is 0 Å². The highest BCUT2D eigenvalue weighted by Gasteiger charge is 2.06. The van der Waals surface area contributed by atoms with Crippen LogP contribution in [0.3, 0.4) is 0 Å². The summed E-state index contributed by atoms with van der Waals surface area (Å²) in [5.41, 5.74) is 3.96. The number of nitrogens with zero attached hydrogens (tertiary/aromatic N) is 4. The Balaban J connectivity index is 1.74. The molecule has 1 heterocycles. The Morgan fingerprint density at radius 3 is 2.65 bits per heavy atom. The van der Waals surface area contributed by atoms with Crippen LogP contribution in [0.25, 0.3) is 11.1 Å². The highest BCUT2D eigenvalue weighted by atomic mass is 32.2. The van der Waals surface area contributed by atoms with E-state index in [1.807, 2.05) is 28.8 Å². The lowest BCUT2D eigenvalue weighted by molar-refractivity contribution is 0.681. The third kappa shape index (κ3) is 3.43. The second-order valence-corrected chi connectivity index (χ2v) is 5.99. The van der Waals surface area contributed by atoms with Gasteiger partial charge in [-0.15, -0.1) is 10.2 Å². The maximum atomic E-state index is 9.21. The fourth-order valence-corrected chi connectivity index (χ4v) is 3.27. The van der Waals surface area contributed by atoms with Crippen LogP contribution >= 0.6 is 11.8 Å². The molecule has 0 radical (unpaired) electrons. The number of aromatic nitrogens is 3. The number of hydrogen-bond acceptors (Lipinski definition) is 4. The van der Waals surface area contributed by atoms with E-state index >= 15 is 0 Å². The van der Waals surface area contributed by atoms with Gasteiger partial charge in [-0.05, 0) is 29.7 Å². The minimum absolute atomic E-state index is 0.700. The molecule has 0 aliphatic rings. The van der Waals surface area contributed by atoms with Gasteiger partial charge in [0.15, 0.2) is 5.16 Å². The summed E-state index contributed by atoms with van der Waals surface area (Å²) in [5.74, 6) is 0.846. The number of benzene rings is 2. The Hall–Kier alpha value is -2.58. The van der Waals surface area contributed by atoms with Crippen LogP contribution in [0, 0.1) is 11.3 Å². The smallest absolute Gasteiger partial charge is 0.191 e. The van der Waals surface area contributed by atoms with Crippen LogP contribution in [-0.2, 0) is 12.3 Å². The van der Waals surface area contributed by atoms with E-state index in [1.165, 1.54) is 5.56 Å². The van der Waals surface area contributed by atoms with Crippen LogP contribution in [-0.4, -0.2) is 14.8 Å². The van der Waals surface area contributed by atoms with Gasteiger partial charge < -0.3 is 4.57 Å². The van der Waals surface area contributed by atoms with Gasteiger partial charge in [-0.1, -0.05) is 54.2 Å². The molecule has 3 rings (SSSR count). The molecule has 0 spiro atoms. The van der Waals surface area contributed by atoms with E-state index in [9.17, 15) is 5.26 Å². The van der Waals surface area contributed by atoms with E-state index in [0.717, 1.165) is 28.6 Å². The zero-order chi connectivity index (χ0) is 16.1. The average Bonchev–Trinajstić information content (AvgIpc) is 3.08. The zero-order valence-electron chi connectivity index (χ0n) is 12.8. The maximum Gasteiger partial charge on any atom is 0.191 e. The lowest BCUT2D eigenvalue weighted by atomic mass is 10.00. The standard InChI is InChI=1S/C18H16N4S/c1-2-22-13-20-21-18(22)23-12-14-7-9-15(10-8-14)17-6-4-3-5-16(17)11-19/h3-10,13H,2,12H2,1H3. The molecule has 5 heteroatoms. The van der Waals surface area contributed by atoms with Crippen molar-refractivity contribution in [1.82, 2.24) is 14.8 Å². The lowest BCUT2D eigenvalue weighted by Gasteiger charge is -2.06. The van der Waals surface area contributed by atoms with E-state index < -0.39 is 0 Å². The fraction of sp³-hybridized carbons (Fsp3) is 0.167. The SMILES string of the molecule is CCn1cnnc1SCc1ccc(-c2ccccc2C#N)cc1. The predicted molar refractivity (Wildman–Crippen MR) is 91.9 cm³/mol. The molecule has 0 fully saturated rings. The van der Waals surface area contributed by atoms with Crippen molar-refractivity contribution in [1.29, 1.82) is 5.26 Å². The average molecular weight is 320 g/mol. The zero-order valence-corrected chi connectivity index (χ0v) is 13.6. The summed E-state index contributed by atoms with van der Waals surface area (Å²) in [6.07, 6.45) is 1.75. The van der Waals surface area contributed by atoms with Gasteiger partial charge in [0.25, 0.3) is 0 Å². The molecule has 0 aliphatic carbocycles.